The highest BCUT2D eigenvalue weighted by Gasteiger charge is 2.41. The van der Waals surface area contributed by atoms with Crippen LogP contribution in [0.15, 0.2) is 83.8 Å². The fourth-order valence-electron chi connectivity index (χ4n) is 4.43. The molecule has 0 aromatic heterocycles. The number of nitrogens with zero attached hydrogens (tertiary/aromatic N) is 1. The van der Waals surface area contributed by atoms with E-state index in [2.05, 4.69) is 0 Å². The van der Waals surface area contributed by atoms with Crippen molar-refractivity contribution in [2.45, 2.75) is 30.3 Å². The molecule has 1 heterocycles. The molecule has 4 rings (SSSR count). The van der Waals surface area contributed by atoms with E-state index in [1.54, 1.807) is 31.4 Å². The lowest BCUT2D eigenvalue weighted by Gasteiger charge is -2.35. The summed E-state index contributed by atoms with van der Waals surface area (Å²) in [4.78, 5) is 12.5. The first-order chi connectivity index (χ1) is 16.9. The fraction of sp³-hybridized carbons (Fsp3) is 0.296. The minimum Gasteiger partial charge on any atom is -0.497 e. The molecule has 0 amide bonds. The van der Waals surface area contributed by atoms with Crippen molar-refractivity contribution in [3.8, 4) is 16.9 Å². The highest BCUT2D eigenvalue weighted by atomic mass is 32.2. The summed E-state index contributed by atoms with van der Waals surface area (Å²) in [7, 11) is -2.51. The Morgan fingerprint density at radius 2 is 1.54 bits per heavy atom. The zero-order valence-corrected chi connectivity index (χ0v) is 20.4. The van der Waals surface area contributed by atoms with Gasteiger partial charge in [-0.3, -0.25) is 4.79 Å². The van der Waals surface area contributed by atoms with Crippen LogP contribution in [-0.4, -0.2) is 50.2 Å². The standard InChI is InChI=1S/C27H29NO6S/c1-33-24-11-7-21(8-12-24)22-9-13-25(14-10-22)35(31,32)28(19-20-5-3-2-4-6-20)26(27(29)30)23-15-17-34-18-16-23/h2-14,23,26H,15-19H2,1H3,(H,29,30). The van der Waals surface area contributed by atoms with Crippen LogP contribution in [-0.2, 0) is 26.1 Å². The molecule has 0 spiro atoms. The monoisotopic (exact) mass is 495 g/mol. The van der Waals surface area contributed by atoms with E-state index in [4.69, 9.17) is 9.47 Å². The second-order valence-electron chi connectivity index (χ2n) is 8.52. The van der Waals surface area contributed by atoms with Gasteiger partial charge in [-0.25, -0.2) is 8.42 Å². The van der Waals surface area contributed by atoms with E-state index in [1.165, 1.54) is 12.1 Å². The van der Waals surface area contributed by atoms with Crippen LogP contribution in [0.2, 0.25) is 0 Å². The van der Waals surface area contributed by atoms with Crippen LogP contribution < -0.4 is 4.74 Å². The van der Waals surface area contributed by atoms with Crippen LogP contribution in [0.5, 0.6) is 5.75 Å². The number of methoxy groups -OCH3 is 1. The van der Waals surface area contributed by atoms with Crippen molar-refractivity contribution in [3.63, 3.8) is 0 Å². The molecule has 0 aliphatic carbocycles. The normalized spacial score (nSPS) is 15.6. The summed E-state index contributed by atoms with van der Waals surface area (Å²) in [5.74, 6) is -0.748. The highest BCUT2D eigenvalue weighted by molar-refractivity contribution is 7.89. The topological polar surface area (TPSA) is 93.1 Å². The molecule has 1 saturated heterocycles. The predicted molar refractivity (Wildman–Crippen MR) is 133 cm³/mol. The highest BCUT2D eigenvalue weighted by Crippen LogP contribution is 2.31. The summed E-state index contributed by atoms with van der Waals surface area (Å²) in [5.41, 5.74) is 2.49. The van der Waals surface area contributed by atoms with Gasteiger partial charge in [0.1, 0.15) is 11.8 Å². The molecule has 1 aliphatic heterocycles. The SMILES string of the molecule is COc1ccc(-c2ccc(S(=O)(=O)N(Cc3ccccc3)C(C(=O)O)C3CCOCC3)cc2)cc1. The first-order valence-electron chi connectivity index (χ1n) is 11.5. The molecule has 8 heteroatoms. The maximum atomic E-state index is 13.9. The van der Waals surface area contributed by atoms with Crippen molar-refractivity contribution in [2.75, 3.05) is 20.3 Å². The van der Waals surface area contributed by atoms with E-state index in [0.717, 1.165) is 26.7 Å². The molecule has 1 fully saturated rings. The molecule has 1 N–H and O–H groups in total. The Morgan fingerprint density at radius 3 is 2.09 bits per heavy atom. The third-order valence-electron chi connectivity index (χ3n) is 6.34. The molecule has 0 saturated carbocycles. The van der Waals surface area contributed by atoms with Gasteiger partial charge in [0.25, 0.3) is 0 Å². The van der Waals surface area contributed by atoms with Crippen molar-refractivity contribution in [1.29, 1.82) is 0 Å². The van der Waals surface area contributed by atoms with Crippen LogP contribution in [0.3, 0.4) is 0 Å². The van der Waals surface area contributed by atoms with Crippen molar-refractivity contribution in [2.24, 2.45) is 5.92 Å². The van der Waals surface area contributed by atoms with Crippen LogP contribution in [0.25, 0.3) is 11.1 Å². The lowest BCUT2D eigenvalue weighted by Crippen LogP contribution is -2.50. The Bertz CT molecular complexity index is 1220. The minimum atomic E-state index is -4.11. The summed E-state index contributed by atoms with van der Waals surface area (Å²) in [6, 6.07) is 21.9. The van der Waals surface area contributed by atoms with Crippen molar-refractivity contribution in [3.05, 3.63) is 84.4 Å². The van der Waals surface area contributed by atoms with Gasteiger partial charge in [-0.1, -0.05) is 54.6 Å². The van der Waals surface area contributed by atoms with Gasteiger partial charge in [-0.15, -0.1) is 0 Å². The van der Waals surface area contributed by atoms with Gasteiger partial charge in [0.15, 0.2) is 0 Å². The second-order valence-corrected chi connectivity index (χ2v) is 10.4. The molecule has 3 aromatic carbocycles. The van der Waals surface area contributed by atoms with E-state index < -0.39 is 22.0 Å². The van der Waals surface area contributed by atoms with Gasteiger partial charge in [-0.05, 0) is 59.7 Å². The summed E-state index contributed by atoms with van der Waals surface area (Å²) < 4.78 is 39.5. The molecule has 1 unspecified atom stereocenters. The summed E-state index contributed by atoms with van der Waals surface area (Å²) in [6.07, 6.45) is 0.988. The predicted octanol–water partition coefficient (Wildman–Crippen LogP) is 4.43. The average molecular weight is 496 g/mol. The van der Waals surface area contributed by atoms with E-state index in [1.807, 2.05) is 42.5 Å². The van der Waals surface area contributed by atoms with Crippen LogP contribution >= 0.6 is 0 Å². The quantitative estimate of drug-likeness (QED) is 0.472. The number of carboxylic acids is 1. The Balaban J connectivity index is 1.69. The number of rotatable bonds is 9. The molecule has 7 nitrogen and oxygen atoms in total. The lowest BCUT2D eigenvalue weighted by molar-refractivity contribution is -0.144. The molecule has 0 bridgehead atoms. The van der Waals surface area contributed by atoms with E-state index in [9.17, 15) is 18.3 Å². The molecule has 3 aromatic rings. The van der Waals surface area contributed by atoms with Crippen LogP contribution in [0.4, 0.5) is 0 Å². The Labute approximate surface area is 206 Å². The van der Waals surface area contributed by atoms with Gasteiger partial charge in [0.05, 0.1) is 12.0 Å². The third-order valence-corrected chi connectivity index (χ3v) is 8.18. The number of ether oxygens (including phenoxy) is 2. The van der Waals surface area contributed by atoms with Crippen molar-refractivity contribution >= 4 is 16.0 Å². The summed E-state index contributed by atoms with van der Waals surface area (Å²) in [6.45, 7) is 0.812. The van der Waals surface area contributed by atoms with Gasteiger partial charge in [0, 0.05) is 19.8 Å². The summed E-state index contributed by atoms with van der Waals surface area (Å²) >= 11 is 0. The number of hydrogen-bond donors (Lipinski definition) is 1. The van der Waals surface area contributed by atoms with E-state index in [0.29, 0.717) is 26.1 Å². The number of hydrogen-bond acceptors (Lipinski definition) is 5. The molecular formula is C27H29NO6S. The summed E-state index contributed by atoms with van der Waals surface area (Å²) in [5, 5.41) is 10.2. The van der Waals surface area contributed by atoms with Gasteiger partial charge in [-0.2, -0.15) is 4.31 Å². The van der Waals surface area contributed by atoms with Gasteiger partial charge in [0.2, 0.25) is 10.0 Å². The Kier molecular flexibility index (Phi) is 7.85. The molecule has 1 aliphatic rings. The van der Waals surface area contributed by atoms with E-state index in [-0.39, 0.29) is 17.4 Å². The smallest absolute Gasteiger partial charge is 0.322 e. The number of benzene rings is 3. The first-order valence-corrected chi connectivity index (χ1v) is 12.9. The lowest BCUT2D eigenvalue weighted by atomic mass is 9.91. The number of carbonyl (C=O) groups is 1. The van der Waals surface area contributed by atoms with Crippen molar-refractivity contribution < 1.29 is 27.8 Å². The first kappa shape index (κ1) is 24.9. The van der Waals surface area contributed by atoms with Crippen molar-refractivity contribution in [1.82, 2.24) is 4.31 Å². The number of sulfonamides is 1. The minimum absolute atomic E-state index is 0.0300. The third kappa shape index (κ3) is 5.73. The zero-order chi connectivity index (χ0) is 24.8. The largest absolute Gasteiger partial charge is 0.497 e. The number of carboxylic acid groups (broad SMARTS) is 1. The second kappa shape index (κ2) is 11.0. The van der Waals surface area contributed by atoms with Crippen LogP contribution in [0, 0.1) is 5.92 Å². The van der Waals surface area contributed by atoms with Gasteiger partial charge < -0.3 is 14.6 Å². The molecule has 1 atom stereocenters. The zero-order valence-electron chi connectivity index (χ0n) is 19.5. The molecule has 35 heavy (non-hydrogen) atoms. The Hall–Kier alpha value is -3.20. The molecular weight excluding hydrogens is 466 g/mol. The fourth-order valence-corrected chi connectivity index (χ4v) is 6.06. The average Bonchev–Trinajstić information content (AvgIpc) is 2.89. The number of aliphatic carboxylic acids is 1. The Morgan fingerprint density at radius 1 is 0.971 bits per heavy atom. The van der Waals surface area contributed by atoms with Crippen LogP contribution in [0.1, 0.15) is 18.4 Å². The molecule has 184 valence electrons. The maximum absolute atomic E-state index is 13.9. The van der Waals surface area contributed by atoms with E-state index >= 15 is 0 Å². The molecule has 0 radical (unpaired) electrons. The maximum Gasteiger partial charge on any atom is 0.322 e. The van der Waals surface area contributed by atoms with Gasteiger partial charge >= 0.3 is 5.97 Å².